The molecule has 3 heteroatoms. The number of aliphatic imine (C=N–C) groups is 1. The zero-order chi connectivity index (χ0) is 12.6. The highest BCUT2D eigenvalue weighted by atomic mass is 16.3. The van der Waals surface area contributed by atoms with Gasteiger partial charge in [-0.15, -0.1) is 0 Å². The van der Waals surface area contributed by atoms with E-state index in [4.69, 9.17) is 0 Å². The lowest BCUT2D eigenvalue weighted by atomic mass is 9.70. The summed E-state index contributed by atoms with van der Waals surface area (Å²) in [6, 6.07) is 2.05. The molecule has 0 saturated heterocycles. The van der Waals surface area contributed by atoms with Crippen molar-refractivity contribution in [2.24, 2.45) is 4.99 Å². The highest BCUT2D eigenvalue weighted by molar-refractivity contribution is 5.54. The summed E-state index contributed by atoms with van der Waals surface area (Å²) in [5.74, 6) is 0.293. The van der Waals surface area contributed by atoms with E-state index in [0.717, 1.165) is 41.5 Å². The van der Waals surface area contributed by atoms with Crippen LogP contribution in [0.1, 0.15) is 41.5 Å². The lowest BCUT2D eigenvalue weighted by Crippen LogP contribution is -2.33. The molecule has 2 rings (SSSR count). The summed E-state index contributed by atoms with van der Waals surface area (Å²) in [6.07, 6.45) is 4.34. The standard InChI is InChI=1S/C14H17NO2/c1-9-7-10(2)12(13(17)11(9)3)14(15-8-16)5-4-6-14/h7,17H,4-6H2,1-3H3. The molecule has 0 aliphatic heterocycles. The fraction of sp³-hybridized carbons (Fsp3) is 0.500. The number of phenolic OH excluding ortho intramolecular Hbond substituents is 1. The van der Waals surface area contributed by atoms with Crippen molar-refractivity contribution >= 4 is 6.08 Å². The van der Waals surface area contributed by atoms with Gasteiger partial charge in [-0.3, -0.25) is 0 Å². The second-order valence-corrected chi connectivity index (χ2v) is 4.95. The summed E-state index contributed by atoms with van der Waals surface area (Å²) in [5.41, 5.74) is 3.24. The number of aryl methyl sites for hydroxylation is 2. The van der Waals surface area contributed by atoms with Gasteiger partial charge in [-0.05, 0) is 56.7 Å². The number of carbonyl (C=O) groups excluding carboxylic acids is 1. The molecule has 1 aliphatic rings. The Hall–Kier alpha value is -1.60. The zero-order valence-electron chi connectivity index (χ0n) is 10.5. The molecule has 0 unspecified atom stereocenters. The molecule has 0 radical (unpaired) electrons. The van der Waals surface area contributed by atoms with Gasteiger partial charge in [-0.1, -0.05) is 6.07 Å². The first-order valence-corrected chi connectivity index (χ1v) is 5.91. The van der Waals surface area contributed by atoms with E-state index >= 15 is 0 Å². The molecule has 1 fully saturated rings. The molecule has 17 heavy (non-hydrogen) atoms. The quantitative estimate of drug-likeness (QED) is 0.628. The minimum atomic E-state index is -0.519. The van der Waals surface area contributed by atoms with Crippen LogP contribution >= 0.6 is 0 Å². The first kappa shape index (κ1) is 11.9. The first-order valence-electron chi connectivity index (χ1n) is 5.91. The number of rotatable bonds is 2. The third-order valence-electron chi connectivity index (χ3n) is 3.92. The van der Waals surface area contributed by atoms with Crippen LogP contribution in [-0.4, -0.2) is 11.2 Å². The summed E-state index contributed by atoms with van der Waals surface area (Å²) in [7, 11) is 0. The Balaban J connectivity index is 2.66. The van der Waals surface area contributed by atoms with E-state index in [-0.39, 0.29) is 0 Å². The monoisotopic (exact) mass is 231 g/mol. The van der Waals surface area contributed by atoms with Crippen LogP contribution in [0.5, 0.6) is 5.75 Å². The Morgan fingerprint density at radius 3 is 2.41 bits per heavy atom. The third-order valence-corrected chi connectivity index (χ3v) is 3.92. The molecule has 0 heterocycles. The van der Waals surface area contributed by atoms with Crippen molar-refractivity contribution in [2.45, 2.75) is 45.6 Å². The second kappa shape index (κ2) is 4.01. The average Bonchev–Trinajstić information content (AvgIpc) is 2.22. The number of isocyanates is 1. The topological polar surface area (TPSA) is 49.7 Å². The molecule has 1 aromatic rings. The molecule has 0 bridgehead atoms. The number of nitrogens with zero attached hydrogens (tertiary/aromatic N) is 1. The van der Waals surface area contributed by atoms with Crippen LogP contribution < -0.4 is 0 Å². The molecule has 1 N–H and O–H groups in total. The van der Waals surface area contributed by atoms with Gasteiger partial charge in [-0.25, -0.2) is 4.79 Å². The van der Waals surface area contributed by atoms with Crippen LogP contribution in [0.15, 0.2) is 11.1 Å². The SMILES string of the molecule is Cc1cc(C)c(C2(N=C=O)CCC2)c(O)c1C. The van der Waals surface area contributed by atoms with E-state index in [0.29, 0.717) is 5.75 Å². The summed E-state index contributed by atoms with van der Waals surface area (Å²) >= 11 is 0. The summed E-state index contributed by atoms with van der Waals surface area (Å²) in [6.45, 7) is 5.83. The van der Waals surface area contributed by atoms with Crippen molar-refractivity contribution in [2.75, 3.05) is 0 Å². The van der Waals surface area contributed by atoms with Gasteiger partial charge in [0.1, 0.15) is 11.3 Å². The van der Waals surface area contributed by atoms with E-state index in [1.165, 1.54) is 0 Å². The van der Waals surface area contributed by atoms with Crippen molar-refractivity contribution < 1.29 is 9.90 Å². The van der Waals surface area contributed by atoms with Crippen LogP contribution in [-0.2, 0) is 10.3 Å². The van der Waals surface area contributed by atoms with Gasteiger partial charge in [0.15, 0.2) is 0 Å². The molecule has 0 amide bonds. The van der Waals surface area contributed by atoms with Gasteiger partial charge < -0.3 is 5.11 Å². The van der Waals surface area contributed by atoms with Crippen LogP contribution in [0, 0.1) is 20.8 Å². The molecule has 0 atom stereocenters. The Morgan fingerprint density at radius 1 is 1.29 bits per heavy atom. The number of benzene rings is 1. The highest BCUT2D eigenvalue weighted by Gasteiger charge is 2.42. The van der Waals surface area contributed by atoms with E-state index in [1.807, 2.05) is 26.8 Å². The molecular formula is C14H17NO2. The number of aromatic hydroxyl groups is 1. The normalized spacial score (nSPS) is 17.1. The second-order valence-electron chi connectivity index (χ2n) is 4.95. The molecule has 1 aliphatic carbocycles. The maximum Gasteiger partial charge on any atom is 0.235 e. The number of phenols is 1. The molecule has 3 nitrogen and oxygen atoms in total. The maximum absolute atomic E-state index is 10.6. The fourth-order valence-electron chi connectivity index (χ4n) is 2.67. The summed E-state index contributed by atoms with van der Waals surface area (Å²) in [4.78, 5) is 14.5. The predicted molar refractivity (Wildman–Crippen MR) is 66.0 cm³/mol. The lowest BCUT2D eigenvalue weighted by molar-refractivity contribution is 0.246. The maximum atomic E-state index is 10.6. The van der Waals surface area contributed by atoms with Gasteiger partial charge in [0.05, 0.1) is 0 Å². The smallest absolute Gasteiger partial charge is 0.235 e. The molecule has 1 saturated carbocycles. The van der Waals surface area contributed by atoms with Crippen molar-refractivity contribution in [1.29, 1.82) is 0 Å². The molecule has 90 valence electrons. The van der Waals surface area contributed by atoms with Gasteiger partial charge in [0.25, 0.3) is 0 Å². The van der Waals surface area contributed by atoms with Gasteiger partial charge in [0.2, 0.25) is 6.08 Å². The fourth-order valence-corrected chi connectivity index (χ4v) is 2.67. The van der Waals surface area contributed by atoms with Crippen LogP contribution in [0.3, 0.4) is 0 Å². The van der Waals surface area contributed by atoms with E-state index in [9.17, 15) is 9.90 Å². The molecule has 0 spiro atoms. The largest absolute Gasteiger partial charge is 0.507 e. The summed E-state index contributed by atoms with van der Waals surface area (Å²) in [5, 5.41) is 10.3. The lowest BCUT2D eigenvalue weighted by Gasteiger charge is -2.39. The number of hydrogen-bond donors (Lipinski definition) is 1. The van der Waals surface area contributed by atoms with E-state index in [2.05, 4.69) is 4.99 Å². The minimum absolute atomic E-state index is 0.293. The van der Waals surface area contributed by atoms with Gasteiger partial charge in [0, 0.05) is 5.56 Å². The third kappa shape index (κ3) is 1.67. The van der Waals surface area contributed by atoms with Crippen molar-refractivity contribution in [1.82, 2.24) is 0 Å². The van der Waals surface area contributed by atoms with Crippen LogP contribution in [0.25, 0.3) is 0 Å². The Labute approximate surface area is 101 Å². The Morgan fingerprint density at radius 2 is 1.94 bits per heavy atom. The molecule has 1 aromatic carbocycles. The van der Waals surface area contributed by atoms with Crippen molar-refractivity contribution in [3.63, 3.8) is 0 Å². The van der Waals surface area contributed by atoms with Crippen LogP contribution in [0.4, 0.5) is 0 Å². The minimum Gasteiger partial charge on any atom is -0.507 e. The van der Waals surface area contributed by atoms with E-state index < -0.39 is 5.54 Å². The Bertz CT molecular complexity index is 509. The zero-order valence-corrected chi connectivity index (χ0v) is 10.5. The average molecular weight is 231 g/mol. The van der Waals surface area contributed by atoms with Gasteiger partial charge >= 0.3 is 0 Å². The van der Waals surface area contributed by atoms with E-state index in [1.54, 1.807) is 6.08 Å². The van der Waals surface area contributed by atoms with Crippen LogP contribution in [0.2, 0.25) is 0 Å². The van der Waals surface area contributed by atoms with Crippen molar-refractivity contribution in [3.8, 4) is 5.75 Å². The van der Waals surface area contributed by atoms with Gasteiger partial charge in [-0.2, -0.15) is 4.99 Å². The molecule has 0 aromatic heterocycles. The van der Waals surface area contributed by atoms with Crippen molar-refractivity contribution in [3.05, 3.63) is 28.3 Å². The number of hydrogen-bond acceptors (Lipinski definition) is 3. The first-order chi connectivity index (χ1) is 8.02. The summed E-state index contributed by atoms with van der Waals surface area (Å²) < 4.78 is 0. The molecular weight excluding hydrogens is 214 g/mol. The predicted octanol–water partition coefficient (Wildman–Crippen LogP) is 3.03. The Kier molecular flexibility index (Phi) is 2.80. The highest BCUT2D eigenvalue weighted by Crippen LogP contribution is 2.50.